The minimum atomic E-state index is -1.20. The van der Waals surface area contributed by atoms with Crippen LogP contribution in [0.15, 0.2) is 59.4 Å². The van der Waals surface area contributed by atoms with Gasteiger partial charge in [-0.15, -0.1) is 0 Å². The first-order valence-electron chi connectivity index (χ1n) is 11.7. The van der Waals surface area contributed by atoms with Crippen LogP contribution in [-0.2, 0) is 4.79 Å². The first kappa shape index (κ1) is 23.2. The summed E-state index contributed by atoms with van der Waals surface area (Å²) in [5.74, 6) is -1.61. The summed E-state index contributed by atoms with van der Waals surface area (Å²) in [6.07, 6.45) is 3.04. The summed E-state index contributed by atoms with van der Waals surface area (Å²) >= 11 is 0. The van der Waals surface area contributed by atoms with Crippen LogP contribution in [0, 0.1) is 10.1 Å². The Morgan fingerprint density at radius 3 is 2.53 bits per heavy atom. The van der Waals surface area contributed by atoms with Crippen LogP contribution >= 0.6 is 0 Å². The molecule has 1 fully saturated rings. The van der Waals surface area contributed by atoms with Gasteiger partial charge in [0.1, 0.15) is 11.9 Å². The third-order valence-corrected chi connectivity index (χ3v) is 6.53. The van der Waals surface area contributed by atoms with Crippen molar-refractivity contribution in [1.29, 1.82) is 0 Å². The van der Waals surface area contributed by atoms with E-state index >= 15 is 0 Å². The molecule has 0 aliphatic carbocycles. The Morgan fingerprint density at radius 1 is 1.06 bits per heavy atom. The number of aromatic nitrogens is 2. The number of hydrogen-bond acceptors (Lipinski definition) is 7. The number of piperidine rings is 1. The number of hydrogen-bond donors (Lipinski definition) is 3. The number of H-pyrrole nitrogens is 1. The van der Waals surface area contributed by atoms with Gasteiger partial charge in [-0.1, -0.05) is 30.3 Å². The summed E-state index contributed by atoms with van der Waals surface area (Å²) < 4.78 is 0. The van der Waals surface area contributed by atoms with Gasteiger partial charge in [0, 0.05) is 36.7 Å². The van der Waals surface area contributed by atoms with Gasteiger partial charge in [-0.25, -0.2) is 0 Å². The molecule has 2 atom stereocenters. The lowest BCUT2D eigenvalue weighted by molar-refractivity contribution is -0.384. The number of fused-ring (bicyclic) bond motifs is 1. The van der Waals surface area contributed by atoms with E-state index in [9.17, 15) is 24.5 Å². The van der Waals surface area contributed by atoms with Crippen molar-refractivity contribution in [3.63, 3.8) is 0 Å². The summed E-state index contributed by atoms with van der Waals surface area (Å²) in [6.45, 7) is 1.47. The third kappa shape index (κ3) is 4.42. The number of nitrogens with one attached hydrogen (secondary N) is 3. The van der Waals surface area contributed by atoms with Crippen molar-refractivity contribution in [2.45, 2.75) is 31.2 Å². The van der Waals surface area contributed by atoms with Crippen LogP contribution in [-0.4, -0.2) is 45.8 Å². The van der Waals surface area contributed by atoms with E-state index in [0.717, 1.165) is 32.4 Å². The predicted molar refractivity (Wildman–Crippen MR) is 132 cm³/mol. The molecule has 1 saturated heterocycles. The molecule has 5 rings (SSSR count). The summed E-state index contributed by atoms with van der Waals surface area (Å²) in [7, 11) is 0. The molecule has 0 bridgehead atoms. The second-order valence-corrected chi connectivity index (χ2v) is 8.84. The maximum Gasteiger partial charge on any atom is 0.269 e. The maximum absolute atomic E-state index is 13.4. The van der Waals surface area contributed by atoms with E-state index in [4.69, 9.17) is 0 Å². The molecule has 11 heteroatoms. The fraction of sp³-hybridized carbons (Fsp3) is 0.280. The molecule has 2 unspecified atom stereocenters. The Balaban J connectivity index is 1.61. The SMILES string of the molecule is O=C(NC1C(=O)Nc2nc(N3CCCCC3)[nH]c(=O)c2C1c1cccc([N+](=O)[O-])c1)c1ccccc1. The first-order valence-corrected chi connectivity index (χ1v) is 11.7. The molecular formula is C25H24N6O5. The smallest absolute Gasteiger partial charge is 0.269 e. The standard InChI is InChI=1S/C25H24N6O5/c32-22(15-8-3-1-4-9-15)26-20-18(16-10-7-11-17(14-16)31(35)36)19-21(27-24(20)34)28-25(29-23(19)33)30-12-5-2-6-13-30/h1,3-4,7-11,14,18,20H,2,5-6,12-13H2,(H,26,32)(H2,27,28,29,33,34). The zero-order valence-electron chi connectivity index (χ0n) is 19.3. The topological polar surface area (TPSA) is 150 Å². The van der Waals surface area contributed by atoms with Crippen molar-refractivity contribution in [3.05, 3.63) is 91.8 Å². The molecule has 1 aromatic heterocycles. The lowest BCUT2D eigenvalue weighted by Crippen LogP contribution is -2.52. The van der Waals surface area contributed by atoms with Gasteiger partial charge in [-0.3, -0.25) is 29.5 Å². The van der Waals surface area contributed by atoms with E-state index in [2.05, 4.69) is 20.6 Å². The first-order chi connectivity index (χ1) is 17.4. The Morgan fingerprint density at radius 2 is 1.81 bits per heavy atom. The third-order valence-electron chi connectivity index (χ3n) is 6.53. The number of aromatic amines is 1. The predicted octanol–water partition coefficient (Wildman–Crippen LogP) is 2.55. The van der Waals surface area contributed by atoms with E-state index in [-0.39, 0.29) is 17.1 Å². The molecule has 3 N–H and O–H groups in total. The van der Waals surface area contributed by atoms with Gasteiger partial charge in [-0.2, -0.15) is 4.98 Å². The monoisotopic (exact) mass is 488 g/mol. The van der Waals surface area contributed by atoms with Crippen molar-refractivity contribution in [1.82, 2.24) is 15.3 Å². The Labute approximate surface area is 205 Å². The number of amides is 2. The van der Waals surface area contributed by atoms with Crippen molar-refractivity contribution >= 4 is 29.3 Å². The molecule has 0 radical (unpaired) electrons. The van der Waals surface area contributed by atoms with E-state index < -0.39 is 34.3 Å². The number of rotatable bonds is 5. The maximum atomic E-state index is 13.4. The summed E-state index contributed by atoms with van der Waals surface area (Å²) in [6, 6.07) is 12.9. The van der Waals surface area contributed by atoms with Gasteiger partial charge in [0.15, 0.2) is 0 Å². The Hall–Kier alpha value is -4.54. The zero-order valence-corrected chi connectivity index (χ0v) is 19.3. The molecule has 0 spiro atoms. The van der Waals surface area contributed by atoms with Crippen molar-refractivity contribution in [3.8, 4) is 0 Å². The van der Waals surface area contributed by atoms with E-state index in [1.54, 1.807) is 36.4 Å². The van der Waals surface area contributed by atoms with Gasteiger partial charge in [0.25, 0.3) is 17.2 Å². The molecular weight excluding hydrogens is 464 g/mol. The number of carbonyl (C=O) groups is 2. The lowest BCUT2D eigenvalue weighted by Gasteiger charge is -2.34. The fourth-order valence-electron chi connectivity index (χ4n) is 4.78. The van der Waals surface area contributed by atoms with Crippen molar-refractivity contribution in [2.75, 3.05) is 23.3 Å². The highest BCUT2D eigenvalue weighted by molar-refractivity contribution is 6.03. The van der Waals surface area contributed by atoms with E-state index in [1.807, 2.05) is 4.90 Å². The minimum absolute atomic E-state index is 0.0889. The van der Waals surface area contributed by atoms with Crippen LogP contribution in [0.2, 0.25) is 0 Å². The second kappa shape index (κ2) is 9.61. The molecule has 2 aliphatic heterocycles. The van der Waals surface area contributed by atoms with Gasteiger partial charge < -0.3 is 15.5 Å². The highest BCUT2D eigenvalue weighted by Gasteiger charge is 2.41. The molecule has 2 aliphatic rings. The van der Waals surface area contributed by atoms with Crippen LogP contribution in [0.5, 0.6) is 0 Å². The number of nitrogens with zero attached hydrogens (tertiary/aromatic N) is 3. The molecule has 2 amide bonds. The number of non-ortho nitro benzene ring substituents is 1. The highest BCUT2D eigenvalue weighted by Crippen LogP contribution is 2.36. The van der Waals surface area contributed by atoms with Crippen LogP contribution in [0.1, 0.15) is 46.7 Å². The van der Waals surface area contributed by atoms with Gasteiger partial charge in [0.05, 0.1) is 10.5 Å². The number of anilines is 2. The normalized spacial score (nSPS) is 19.2. The molecule has 36 heavy (non-hydrogen) atoms. The molecule has 2 aromatic carbocycles. The fourth-order valence-corrected chi connectivity index (χ4v) is 4.78. The summed E-state index contributed by atoms with van der Waals surface area (Å²) in [5, 5.41) is 16.8. The second-order valence-electron chi connectivity index (χ2n) is 8.84. The highest BCUT2D eigenvalue weighted by atomic mass is 16.6. The largest absolute Gasteiger partial charge is 0.342 e. The lowest BCUT2D eigenvalue weighted by atomic mass is 9.82. The van der Waals surface area contributed by atoms with Crippen LogP contribution in [0.4, 0.5) is 17.5 Å². The van der Waals surface area contributed by atoms with Crippen molar-refractivity contribution in [2.24, 2.45) is 0 Å². The zero-order chi connectivity index (χ0) is 25.2. The minimum Gasteiger partial charge on any atom is -0.342 e. The van der Waals surface area contributed by atoms with E-state index in [0.29, 0.717) is 17.1 Å². The van der Waals surface area contributed by atoms with Crippen molar-refractivity contribution < 1.29 is 14.5 Å². The molecule has 184 valence electrons. The van der Waals surface area contributed by atoms with E-state index in [1.165, 1.54) is 18.2 Å². The summed E-state index contributed by atoms with van der Waals surface area (Å²) in [4.78, 5) is 59.9. The quantitative estimate of drug-likeness (QED) is 0.369. The van der Waals surface area contributed by atoms with Gasteiger partial charge >= 0.3 is 0 Å². The number of nitro benzene ring substituents is 1. The number of carbonyl (C=O) groups excluding carboxylic acids is 2. The molecule has 0 saturated carbocycles. The number of benzene rings is 2. The number of nitro groups is 1. The molecule has 3 aromatic rings. The summed E-state index contributed by atoms with van der Waals surface area (Å²) in [5.41, 5.74) is 0.144. The van der Waals surface area contributed by atoms with Crippen LogP contribution in [0.3, 0.4) is 0 Å². The Bertz CT molecular complexity index is 1380. The molecule has 11 nitrogen and oxygen atoms in total. The van der Waals surface area contributed by atoms with Gasteiger partial charge in [-0.05, 0) is 37.0 Å². The molecule has 3 heterocycles. The van der Waals surface area contributed by atoms with Crippen LogP contribution < -0.4 is 21.1 Å². The average molecular weight is 489 g/mol. The van der Waals surface area contributed by atoms with Crippen LogP contribution in [0.25, 0.3) is 0 Å². The average Bonchev–Trinajstić information content (AvgIpc) is 2.90. The van der Waals surface area contributed by atoms with Gasteiger partial charge in [0.2, 0.25) is 11.9 Å². The Kier molecular flexibility index (Phi) is 6.19.